The van der Waals surface area contributed by atoms with Gasteiger partial charge in [0.2, 0.25) is 5.91 Å². The number of likely N-dealkylation sites (tertiary alicyclic amines) is 1. The molecule has 1 aliphatic rings. The van der Waals surface area contributed by atoms with Crippen molar-refractivity contribution in [1.29, 1.82) is 0 Å². The number of amides is 2. The van der Waals surface area contributed by atoms with Crippen LogP contribution < -0.4 is 5.32 Å². The molecular weight excluding hydrogens is 312 g/mol. The van der Waals surface area contributed by atoms with Gasteiger partial charge in [0.25, 0.3) is 5.91 Å². The van der Waals surface area contributed by atoms with E-state index in [1.54, 1.807) is 4.90 Å². The molecule has 0 unspecified atom stereocenters. The second-order valence-electron chi connectivity index (χ2n) is 6.66. The molecule has 0 radical (unpaired) electrons. The van der Waals surface area contributed by atoms with Gasteiger partial charge in [-0.25, -0.2) is 0 Å². The molecule has 1 fully saturated rings. The monoisotopic (exact) mass is 336 g/mol. The molecule has 1 heterocycles. The fraction of sp³-hybridized carbons (Fsp3) is 0.333. The molecule has 130 valence electrons. The summed E-state index contributed by atoms with van der Waals surface area (Å²) in [7, 11) is 0. The fourth-order valence-electron chi connectivity index (χ4n) is 3.23. The fourth-order valence-corrected chi connectivity index (χ4v) is 3.23. The lowest BCUT2D eigenvalue weighted by Gasteiger charge is -2.24. The van der Waals surface area contributed by atoms with Crippen LogP contribution in [0, 0.1) is 13.8 Å². The maximum atomic E-state index is 12.8. The van der Waals surface area contributed by atoms with E-state index in [4.69, 9.17) is 0 Å². The summed E-state index contributed by atoms with van der Waals surface area (Å²) in [5.41, 5.74) is 3.97. The van der Waals surface area contributed by atoms with E-state index in [0.29, 0.717) is 18.7 Å². The van der Waals surface area contributed by atoms with E-state index in [1.807, 2.05) is 62.4 Å². The van der Waals surface area contributed by atoms with Crippen LogP contribution in [0.2, 0.25) is 0 Å². The summed E-state index contributed by atoms with van der Waals surface area (Å²) in [5, 5.41) is 2.96. The predicted molar refractivity (Wildman–Crippen MR) is 98.3 cm³/mol. The van der Waals surface area contributed by atoms with E-state index in [1.165, 1.54) is 0 Å². The lowest BCUT2D eigenvalue weighted by Crippen LogP contribution is -2.45. The summed E-state index contributed by atoms with van der Waals surface area (Å²) in [6.07, 6.45) is 1.58. The molecule has 2 aromatic rings. The van der Waals surface area contributed by atoms with Crippen LogP contribution in [-0.2, 0) is 11.3 Å². The molecule has 0 bridgehead atoms. The van der Waals surface area contributed by atoms with Crippen molar-refractivity contribution in [3.8, 4) is 0 Å². The zero-order valence-corrected chi connectivity index (χ0v) is 14.8. The highest BCUT2D eigenvalue weighted by Gasteiger charge is 2.34. The Morgan fingerprint density at radius 2 is 1.84 bits per heavy atom. The van der Waals surface area contributed by atoms with E-state index < -0.39 is 0 Å². The second kappa shape index (κ2) is 7.51. The number of nitrogens with zero attached hydrogens (tertiary/aromatic N) is 1. The van der Waals surface area contributed by atoms with Crippen LogP contribution in [0.15, 0.2) is 48.5 Å². The van der Waals surface area contributed by atoms with Gasteiger partial charge in [-0.1, -0.05) is 36.4 Å². The first-order valence-electron chi connectivity index (χ1n) is 8.76. The van der Waals surface area contributed by atoms with Crippen molar-refractivity contribution in [2.75, 3.05) is 6.54 Å². The molecule has 4 nitrogen and oxygen atoms in total. The quantitative estimate of drug-likeness (QED) is 0.932. The van der Waals surface area contributed by atoms with Gasteiger partial charge in [-0.2, -0.15) is 0 Å². The third-order valence-electron chi connectivity index (χ3n) is 4.88. The summed E-state index contributed by atoms with van der Waals surface area (Å²) in [5.74, 6) is -0.126. The molecule has 1 saturated heterocycles. The van der Waals surface area contributed by atoms with E-state index in [9.17, 15) is 9.59 Å². The molecule has 2 aromatic carbocycles. The summed E-state index contributed by atoms with van der Waals surface area (Å²) in [6, 6.07) is 15.2. The Morgan fingerprint density at radius 1 is 1.08 bits per heavy atom. The molecule has 0 spiro atoms. The molecule has 3 rings (SSSR count). The first-order valence-corrected chi connectivity index (χ1v) is 8.76. The van der Waals surface area contributed by atoms with Crippen LogP contribution in [0.25, 0.3) is 0 Å². The van der Waals surface area contributed by atoms with E-state index in [-0.39, 0.29) is 17.9 Å². The van der Waals surface area contributed by atoms with Crippen molar-refractivity contribution in [3.05, 3.63) is 70.8 Å². The van der Waals surface area contributed by atoms with Crippen LogP contribution >= 0.6 is 0 Å². The van der Waals surface area contributed by atoms with Crippen LogP contribution in [0.1, 0.15) is 39.9 Å². The predicted octanol–water partition coefficient (Wildman–Crippen LogP) is 3.22. The van der Waals surface area contributed by atoms with Crippen molar-refractivity contribution in [3.63, 3.8) is 0 Å². The first kappa shape index (κ1) is 17.2. The molecule has 1 aliphatic heterocycles. The maximum absolute atomic E-state index is 12.8. The van der Waals surface area contributed by atoms with Gasteiger partial charge in [0.15, 0.2) is 0 Å². The number of hydrogen-bond acceptors (Lipinski definition) is 2. The summed E-state index contributed by atoms with van der Waals surface area (Å²) in [6.45, 7) is 5.15. The molecular formula is C21H24N2O2. The Hall–Kier alpha value is -2.62. The largest absolute Gasteiger partial charge is 0.350 e. The van der Waals surface area contributed by atoms with Crippen LogP contribution in [-0.4, -0.2) is 29.3 Å². The van der Waals surface area contributed by atoms with Gasteiger partial charge in [0.1, 0.15) is 6.04 Å². The Labute approximate surface area is 148 Å². The number of carbonyl (C=O) groups excluding carboxylic acids is 2. The van der Waals surface area contributed by atoms with Crippen molar-refractivity contribution in [2.45, 2.75) is 39.3 Å². The normalized spacial score (nSPS) is 16.7. The number of rotatable bonds is 4. The maximum Gasteiger partial charge on any atom is 0.254 e. The number of nitrogens with one attached hydrogen (secondary N) is 1. The van der Waals surface area contributed by atoms with Gasteiger partial charge in [-0.05, 0) is 55.5 Å². The molecule has 25 heavy (non-hydrogen) atoms. The standard InChI is InChI=1S/C21H24N2O2/c1-15-10-11-18(13-16(15)2)21(25)23-12-6-9-19(23)20(24)22-14-17-7-4-3-5-8-17/h3-5,7-8,10-11,13,19H,6,9,12,14H2,1-2H3,(H,22,24)/t19-/m1/s1. The third-order valence-corrected chi connectivity index (χ3v) is 4.88. The van der Waals surface area contributed by atoms with Crippen molar-refractivity contribution >= 4 is 11.8 Å². The first-order chi connectivity index (χ1) is 12.1. The zero-order chi connectivity index (χ0) is 17.8. The molecule has 2 amide bonds. The summed E-state index contributed by atoms with van der Waals surface area (Å²) >= 11 is 0. The number of hydrogen-bond donors (Lipinski definition) is 1. The lowest BCUT2D eigenvalue weighted by atomic mass is 10.1. The summed E-state index contributed by atoms with van der Waals surface area (Å²) in [4.78, 5) is 27.1. The van der Waals surface area contributed by atoms with E-state index in [0.717, 1.165) is 29.5 Å². The van der Waals surface area contributed by atoms with Gasteiger partial charge in [0.05, 0.1) is 0 Å². The second-order valence-corrected chi connectivity index (χ2v) is 6.66. The zero-order valence-electron chi connectivity index (χ0n) is 14.8. The minimum absolute atomic E-state index is 0.0551. The van der Waals surface area contributed by atoms with Crippen molar-refractivity contribution < 1.29 is 9.59 Å². The Kier molecular flexibility index (Phi) is 5.17. The van der Waals surface area contributed by atoms with Gasteiger partial charge in [0, 0.05) is 18.7 Å². The van der Waals surface area contributed by atoms with Crippen LogP contribution in [0.3, 0.4) is 0 Å². The minimum atomic E-state index is -0.377. The van der Waals surface area contributed by atoms with E-state index >= 15 is 0 Å². The Morgan fingerprint density at radius 3 is 2.56 bits per heavy atom. The molecule has 1 atom stereocenters. The molecule has 1 N–H and O–H groups in total. The average Bonchev–Trinajstić information content (AvgIpc) is 3.12. The number of benzene rings is 2. The lowest BCUT2D eigenvalue weighted by molar-refractivity contribution is -0.125. The topological polar surface area (TPSA) is 49.4 Å². The highest BCUT2D eigenvalue weighted by molar-refractivity contribution is 5.98. The van der Waals surface area contributed by atoms with Crippen molar-refractivity contribution in [2.24, 2.45) is 0 Å². The van der Waals surface area contributed by atoms with Gasteiger partial charge >= 0.3 is 0 Å². The molecule has 0 aromatic heterocycles. The smallest absolute Gasteiger partial charge is 0.254 e. The van der Waals surface area contributed by atoms with Gasteiger partial charge < -0.3 is 10.2 Å². The Bertz CT molecular complexity index is 771. The highest BCUT2D eigenvalue weighted by Crippen LogP contribution is 2.21. The summed E-state index contributed by atoms with van der Waals surface area (Å²) < 4.78 is 0. The molecule has 0 aliphatic carbocycles. The minimum Gasteiger partial charge on any atom is -0.350 e. The third kappa shape index (κ3) is 3.90. The van der Waals surface area contributed by atoms with Gasteiger partial charge in [-0.15, -0.1) is 0 Å². The SMILES string of the molecule is Cc1ccc(C(=O)N2CCC[C@@H]2C(=O)NCc2ccccc2)cc1C. The average molecular weight is 336 g/mol. The van der Waals surface area contributed by atoms with Crippen LogP contribution in [0.5, 0.6) is 0 Å². The number of aryl methyl sites for hydroxylation is 2. The highest BCUT2D eigenvalue weighted by atomic mass is 16.2. The van der Waals surface area contributed by atoms with Crippen LogP contribution in [0.4, 0.5) is 0 Å². The van der Waals surface area contributed by atoms with Crippen molar-refractivity contribution in [1.82, 2.24) is 10.2 Å². The number of carbonyl (C=O) groups is 2. The van der Waals surface area contributed by atoms with Gasteiger partial charge in [-0.3, -0.25) is 9.59 Å². The Balaban J connectivity index is 1.67. The molecule has 0 saturated carbocycles. The molecule has 4 heteroatoms. The van der Waals surface area contributed by atoms with E-state index in [2.05, 4.69) is 5.32 Å².